The van der Waals surface area contributed by atoms with Gasteiger partial charge in [0, 0.05) is 5.92 Å². The van der Waals surface area contributed by atoms with Gasteiger partial charge >= 0.3 is 12.1 Å². The zero-order chi connectivity index (χ0) is 32.1. The third-order valence-electron chi connectivity index (χ3n) is 8.31. The maximum Gasteiger partial charge on any atom is 0.407 e. The van der Waals surface area contributed by atoms with E-state index in [1.54, 1.807) is 0 Å². The average molecular weight is 629 g/mol. The fourth-order valence-electron chi connectivity index (χ4n) is 6.24. The SMILES string of the molecule is NC(=O)[C@@H](SC(c1ccccc1)(c1ccccc1)c1ccccc1)[C@H](NC(=O)OCC1c2ccccc2-c2ccccc21)C(=O)O. The van der Waals surface area contributed by atoms with Crippen molar-refractivity contribution in [3.05, 3.63) is 167 Å². The quantitative estimate of drug-likeness (QED) is 0.143. The normalized spacial score (nSPS) is 13.6. The Morgan fingerprint density at radius 3 is 1.52 bits per heavy atom. The van der Waals surface area contributed by atoms with Crippen molar-refractivity contribution in [3.8, 4) is 11.1 Å². The van der Waals surface area contributed by atoms with E-state index in [1.165, 1.54) is 0 Å². The van der Waals surface area contributed by atoms with E-state index in [0.29, 0.717) is 0 Å². The van der Waals surface area contributed by atoms with Crippen molar-refractivity contribution in [2.24, 2.45) is 5.73 Å². The summed E-state index contributed by atoms with van der Waals surface area (Å²) in [5.74, 6) is -2.51. The topological polar surface area (TPSA) is 119 Å². The highest BCUT2D eigenvalue weighted by Gasteiger charge is 2.45. The molecule has 4 N–H and O–H groups in total. The standard InChI is InChI=1S/C38H32N2O5S/c39-35(41)34(46-38(25-14-4-1-5-15-25,26-16-6-2-7-17-26)27-18-8-3-9-19-27)33(36(42)43)40-37(44)45-24-32-30-22-12-10-20-28(30)29-21-11-13-23-31(29)32/h1-23,32-34H,24H2,(H2,39,41)(H,40,44)(H,42,43)/t33-,34-/m0/s1. The highest BCUT2D eigenvalue weighted by molar-refractivity contribution is 8.02. The van der Waals surface area contributed by atoms with Crippen LogP contribution in [0.4, 0.5) is 4.79 Å². The predicted octanol–water partition coefficient (Wildman–Crippen LogP) is 6.56. The third kappa shape index (κ3) is 5.87. The fourth-order valence-corrected chi connectivity index (χ4v) is 7.87. The zero-order valence-corrected chi connectivity index (χ0v) is 25.6. The summed E-state index contributed by atoms with van der Waals surface area (Å²) in [5, 5.41) is 11.5. The van der Waals surface area contributed by atoms with Gasteiger partial charge in [-0.15, -0.1) is 11.8 Å². The van der Waals surface area contributed by atoms with Crippen LogP contribution < -0.4 is 11.1 Å². The molecular formula is C38H32N2O5S. The lowest BCUT2D eigenvalue weighted by atomic mass is 9.84. The molecule has 2 amide bonds. The van der Waals surface area contributed by atoms with Gasteiger partial charge in [0.15, 0.2) is 6.04 Å². The van der Waals surface area contributed by atoms with Crippen LogP contribution in [0, 0.1) is 0 Å². The Kier molecular flexibility index (Phi) is 8.90. The average Bonchev–Trinajstić information content (AvgIpc) is 3.41. The molecule has 0 unspecified atom stereocenters. The Hall–Kier alpha value is -5.34. The molecule has 0 saturated heterocycles. The first-order valence-electron chi connectivity index (χ1n) is 14.9. The van der Waals surface area contributed by atoms with Gasteiger partial charge in [-0.2, -0.15) is 0 Å². The number of alkyl carbamates (subject to hydrolysis) is 1. The summed E-state index contributed by atoms with van der Waals surface area (Å²) < 4.78 is 4.60. The molecule has 0 bridgehead atoms. The number of hydrogen-bond acceptors (Lipinski definition) is 5. The van der Waals surface area contributed by atoms with E-state index in [2.05, 4.69) is 5.32 Å². The van der Waals surface area contributed by atoms with Gasteiger partial charge in [0.05, 0.1) is 4.75 Å². The zero-order valence-electron chi connectivity index (χ0n) is 24.8. The second-order valence-electron chi connectivity index (χ2n) is 11.0. The Labute approximate surface area is 271 Å². The van der Waals surface area contributed by atoms with Crippen LogP contribution >= 0.6 is 11.8 Å². The van der Waals surface area contributed by atoms with Gasteiger partial charge in [0.1, 0.15) is 11.9 Å². The van der Waals surface area contributed by atoms with Gasteiger partial charge in [0.25, 0.3) is 0 Å². The molecule has 5 aromatic rings. The van der Waals surface area contributed by atoms with Crippen LogP contribution in [0.2, 0.25) is 0 Å². The molecule has 1 aliphatic carbocycles. The second kappa shape index (κ2) is 13.3. The maximum absolute atomic E-state index is 13.3. The van der Waals surface area contributed by atoms with Crippen molar-refractivity contribution in [2.45, 2.75) is 22.0 Å². The molecule has 0 heterocycles. The number of ether oxygens (including phenoxy) is 1. The fraction of sp³-hybridized carbons (Fsp3) is 0.132. The lowest BCUT2D eigenvalue weighted by Crippen LogP contribution is -2.53. The van der Waals surface area contributed by atoms with Crippen LogP contribution in [0.1, 0.15) is 33.7 Å². The van der Waals surface area contributed by atoms with E-state index in [4.69, 9.17) is 10.5 Å². The molecule has 0 radical (unpaired) electrons. The van der Waals surface area contributed by atoms with E-state index >= 15 is 0 Å². The summed E-state index contributed by atoms with van der Waals surface area (Å²) >= 11 is 1.08. The largest absolute Gasteiger partial charge is 0.480 e. The number of fused-ring (bicyclic) bond motifs is 3. The molecule has 0 saturated carbocycles. The van der Waals surface area contributed by atoms with Crippen LogP contribution in [-0.2, 0) is 19.1 Å². The Morgan fingerprint density at radius 2 is 1.11 bits per heavy atom. The van der Waals surface area contributed by atoms with Crippen molar-refractivity contribution in [2.75, 3.05) is 6.61 Å². The first-order valence-corrected chi connectivity index (χ1v) is 15.8. The number of nitrogens with one attached hydrogen (secondary N) is 1. The lowest BCUT2D eigenvalue weighted by molar-refractivity contribution is -0.140. The summed E-state index contributed by atoms with van der Waals surface area (Å²) in [4.78, 5) is 39.2. The third-order valence-corrected chi connectivity index (χ3v) is 10.1. The minimum atomic E-state index is -1.69. The molecule has 5 aromatic carbocycles. The predicted molar refractivity (Wildman–Crippen MR) is 179 cm³/mol. The highest BCUT2D eigenvalue weighted by Crippen LogP contribution is 2.51. The first kappa shape index (κ1) is 30.7. The van der Waals surface area contributed by atoms with E-state index in [1.807, 2.05) is 140 Å². The molecule has 0 aromatic heterocycles. The Bertz CT molecular complexity index is 1710. The summed E-state index contributed by atoms with van der Waals surface area (Å²) in [6, 6.07) is 42.7. The summed E-state index contributed by atoms with van der Waals surface area (Å²) in [5.41, 5.74) is 12.6. The number of thioether (sulfide) groups is 1. The molecule has 1 aliphatic rings. The number of carbonyl (C=O) groups excluding carboxylic acids is 2. The van der Waals surface area contributed by atoms with Crippen LogP contribution in [0.15, 0.2) is 140 Å². The van der Waals surface area contributed by atoms with Gasteiger partial charge in [0.2, 0.25) is 5.91 Å². The number of carboxylic acid groups (broad SMARTS) is 1. The molecule has 230 valence electrons. The minimum Gasteiger partial charge on any atom is -0.480 e. The monoisotopic (exact) mass is 628 g/mol. The van der Waals surface area contributed by atoms with E-state index < -0.39 is 34.0 Å². The van der Waals surface area contributed by atoms with E-state index in [9.17, 15) is 19.5 Å². The number of primary amides is 1. The molecule has 6 rings (SSSR count). The number of hydrogen-bond donors (Lipinski definition) is 3. The van der Waals surface area contributed by atoms with Crippen LogP contribution in [0.5, 0.6) is 0 Å². The molecule has 0 fully saturated rings. The van der Waals surface area contributed by atoms with Crippen LogP contribution in [-0.4, -0.2) is 41.0 Å². The summed E-state index contributed by atoms with van der Waals surface area (Å²) in [7, 11) is 0. The Morgan fingerprint density at radius 1 is 0.696 bits per heavy atom. The molecule has 0 aliphatic heterocycles. The number of aliphatic carboxylic acids is 1. The highest BCUT2D eigenvalue weighted by atomic mass is 32.2. The summed E-state index contributed by atoms with van der Waals surface area (Å²) in [6.45, 7) is -0.0113. The van der Waals surface area contributed by atoms with Gasteiger partial charge in [-0.25, -0.2) is 9.59 Å². The second-order valence-corrected chi connectivity index (χ2v) is 12.4. The van der Waals surface area contributed by atoms with E-state index in [0.717, 1.165) is 50.7 Å². The van der Waals surface area contributed by atoms with Crippen LogP contribution in [0.25, 0.3) is 11.1 Å². The molecule has 7 nitrogen and oxygen atoms in total. The number of rotatable bonds is 11. The van der Waals surface area contributed by atoms with Crippen molar-refractivity contribution >= 4 is 29.7 Å². The van der Waals surface area contributed by atoms with Crippen LogP contribution in [0.3, 0.4) is 0 Å². The molecule has 8 heteroatoms. The lowest BCUT2D eigenvalue weighted by Gasteiger charge is -2.38. The van der Waals surface area contributed by atoms with Crippen molar-refractivity contribution in [3.63, 3.8) is 0 Å². The van der Waals surface area contributed by atoms with Crippen molar-refractivity contribution in [1.29, 1.82) is 0 Å². The molecule has 0 spiro atoms. The summed E-state index contributed by atoms with van der Waals surface area (Å²) in [6.07, 6.45) is -0.953. The van der Waals surface area contributed by atoms with Gasteiger partial charge < -0.3 is 20.9 Å². The Balaban J connectivity index is 1.32. The maximum atomic E-state index is 13.3. The van der Waals surface area contributed by atoms with E-state index in [-0.39, 0.29) is 12.5 Å². The first-order chi connectivity index (χ1) is 22.4. The number of benzene rings is 5. The smallest absolute Gasteiger partial charge is 0.407 e. The number of nitrogens with two attached hydrogens (primary N) is 1. The van der Waals surface area contributed by atoms with Crippen molar-refractivity contribution < 1.29 is 24.2 Å². The molecule has 46 heavy (non-hydrogen) atoms. The number of amides is 2. The molecular weight excluding hydrogens is 596 g/mol. The van der Waals surface area contributed by atoms with Gasteiger partial charge in [-0.05, 0) is 38.9 Å². The van der Waals surface area contributed by atoms with Crippen molar-refractivity contribution in [1.82, 2.24) is 5.32 Å². The number of carbonyl (C=O) groups is 3. The molecule has 2 atom stereocenters. The number of carboxylic acids is 1. The minimum absolute atomic E-state index is 0.0113. The van der Waals surface area contributed by atoms with Gasteiger partial charge in [-0.1, -0.05) is 140 Å². The van der Waals surface area contributed by atoms with Gasteiger partial charge in [-0.3, -0.25) is 4.79 Å².